The third kappa shape index (κ3) is 4.44. The fourth-order valence-corrected chi connectivity index (χ4v) is 3.46. The molecule has 0 heterocycles. The Labute approximate surface area is 156 Å². The van der Waals surface area contributed by atoms with Gasteiger partial charge in [-0.15, -0.1) is 0 Å². The Kier molecular flexibility index (Phi) is 6.30. The van der Waals surface area contributed by atoms with E-state index in [-0.39, 0.29) is 6.61 Å². The average Bonchev–Trinajstić information content (AvgIpc) is 2.68. The van der Waals surface area contributed by atoms with Crippen molar-refractivity contribution in [1.82, 2.24) is 0 Å². The Hall–Kier alpha value is -2.32. The molecule has 2 N–H and O–H groups in total. The van der Waals surface area contributed by atoms with Crippen molar-refractivity contribution in [2.45, 2.75) is 52.1 Å². The third-order valence-corrected chi connectivity index (χ3v) is 5.05. The second-order valence-electron chi connectivity index (χ2n) is 7.06. The van der Waals surface area contributed by atoms with Crippen molar-refractivity contribution in [3.63, 3.8) is 0 Å². The first-order valence-corrected chi connectivity index (χ1v) is 9.67. The standard InChI is InChI=1S/C24H28O2/c1-2-3-4-5-6-7-23-16-22(12-13-24(23)26)21-11-10-19-14-18(17-25)8-9-20(19)15-21/h8-16,25-26H,2-7,17H2,1H3. The lowest BCUT2D eigenvalue weighted by atomic mass is 9.96. The fourth-order valence-electron chi connectivity index (χ4n) is 3.46. The molecule has 3 aromatic carbocycles. The molecule has 0 aliphatic carbocycles. The van der Waals surface area contributed by atoms with Crippen LogP contribution in [0.4, 0.5) is 0 Å². The van der Waals surface area contributed by atoms with Crippen molar-refractivity contribution >= 4 is 10.8 Å². The van der Waals surface area contributed by atoms with E-state index in [0.29, 0.717) is 5.75 Å². The van der Waals surface area contributed by atoms with Gasteiger partial charge >= 0.3 is 0 Å². The Balaban J connectivity index is 1.80. The molecule has 2 nitrogen and oxygen atoms in total. The lowest BCUT2D eigenvalue weighted by Crippen LogP contribution is -1.89. The number of benzene rings is 3. The van der Waals surface area contributed by atoms with Gasteiger partial charge in [0, 0.05) is 0 Å². The molecule has 0 spiro atoms. The minimum absolute atomic E-state index is 0.0667. The number of aliphatic hydroxyl groups is 1. The molecule has 0 saturated carbocycles. The van der Waals surface area contributed by atoms with Gasteiger partial charge < -0.3 is 10.2 Å². The topological polar surface area (TPSA) is 40.5 Å². The van der Waals surface area contributed by atoms with E-state index < -0.39 is 0 Å². The smallest absolute Gasteiger partial charge is 0.118 e. The van der Waals surface area contributed by atoms with Gasteiger partial charge in [0.2, 0.25) is 0 Å². The molecule has 0 radical (unpaired) electrons. The molecule has 0 aromatic heterocycles. The Bertz CT molecular complexity index is 867. The number of fused-ring (bicyclic) bond motifs is 1. The largest absolute Gasteiger partial charge is 0.508 e. The van der Waals surface area contributed by atoms with Gasteiger partial charge in [0.05, 0.1) is 6.61 Å². The Morgan fingerprint density at radius 1 is 0.731 bits per heavy atom. The number of hydrogen-bond donors (Lipinski definition) is 2. The minimum Gasteiger partial charge on any atom is -0.508 e. The van der Waals surface area contributed by atoms with Gasteiger partial charge in [-0.2, -0.15) is 0 Å². The highest BCUT2D eigenvalue weighted by Gasteiger charge is 2.06. The van der Waals surface area contributed by atoms with E-state index in [1.54, 1.807) is 0 Å². The SMILES string of the molecule is CCCCCCCc1cc(-c2ccc3cc(CO)ccc3c2)ccc1O. The van der Waals surface area contributed by atoms with Crippen LogP contribution in [0.15, 0.2) is 54.6 Å². The number of hydrogen-bond acceptors (Lipinski definition) is 2. The van der Waals surface area contributed by atoms with Crippen molar-refractivity contribution < 1.29 is 10.2 Å². The van der Waals surface area contributed by atoms with Gasteiger partial charge in [0.25, 0.3) is 0 Å². The molecular weight excluding hydrogens is 320 g/mol. The summed E-state index contributed by atoms with van der Waals surface area (Å²) in [6.45, 7) is 2.29. The Morgan fingerprint density at radius 3 is 2.23 bits per heavy atom. The first-order valence-electron chi connectivity index (χ1n) is 9.67. The fraction of sp³-hybridized carbons (Fsp3) is 0.333. The molecule has 0 saturated heterocycles. The van der Waals surface area contributed by atoms with E-state index in [0.717, 1.165) is 45.9 Å². The molecule has 0 fully saturated rings. The van der Waals surface area contributed by atoms with E-state index in [1.165, 1.54) is 25.7 Å². The summed E-state index contributed by atoms with van der Waals surface area (Å²) in [4.78, 5) is 0. The molecule has 0 amide bonds. The van der Waals surface area contributed by atoms with Crippen molar-refractivity contribution in [2.75, 3.05) is 0 Å². The van der Waals surface area contributed by atoms with Crippen molar-refractivity contribution in [3.8, 4) is 16.9 Å². The maximum absolute atomic E-state index is 10.2. The summed E-state index contributed by atoms with van der Waals surface area (Å²) in [6.07, 6.45) is 7.09. The number of aliphatic hydroxyl groups excluding tert-OH is 1. The van der Waals surface area contributed by atoms with Gasteiger partial charge in [0.1, 0.15) is 5.75 Å². The zero-order valence-electron chi connectivity index (χ0n) is 15.5. The van der Waals surface area contributed by atoms with Gasteiger partial charge in [-0.3, -0.25) is 0 Å². The molecule has 3 rings (SSSR count). The highest BCUT2D eigenvalue weighted by molar-refractivity contribution is 5.88. The summed E-state index contributed by atoms with van der Waals surface area (Å²) in [6, 6.07) is 18.4. The monoisotopic (exact) mass is 348 g/mol. The van der Waals surface area contributed by atoms with E-state index in [1.807, 2.05) is 24.3 Å². The summed E-state index contributed by atoms with van der Waals surface area (Å²) < 4.78 is 0. The quantitative estimate of drug-likeness (QED) is 0.475. The van der Waals surface area contributed by atoms with Crippen LogP contribution in [0, 0.1) is 0 Å². The first kappa shape index (κ1) is 18.5. The second kappa shape index (κ2) is 8.86. The summed E-state index contributed by atoms with van der Waals surface area (Å²) in [7, 11) is 0. The van der Waals surface area contributed by atoms with Crippen LogP contribution in [0.5, 0.6) is 5.75 Å². The van der Waals surface area contributed by atoms with Crippen LogP contribution < -0.4 is 0 Å². The number of aromatic hydroxyl groups is 1. The highest BCUT2D eigenvalue weighted by Crippen LogP contribution is 2.30. The summed E-state index contributed by atoms with van der Waals surface area (Å²) in [5, 5.41) is 21.8. The zero-order chi connectivity index (χ0) is 18.4. The molecular formula is C24H28O2. The lowest BCUT2D eigenvalue weighted by Gasteiger charge is -2.10. The van der Waals surface area contributed by atoms with E-state index >= 15 is 0 Å². The number of phenols is 1. The van der Waals surface area contributed by atoms with E-state index in [4.69, 9.17) is 0 Å². The molecule has 0 atom stereocenters. The number of phenolic OH excluding ortho intramolecular Hbond substituents is 1. The second-order valence-corrected chi connectivity index (χ2v) is 7.06. The summed E-state index contributed by atoms with van der Waals surface area (Å²) >= 11 is 0. The predicted molar refractivity (Wildman–Crippen MR) is 109 cm³/mol. The summed E-state index contributed by atoms with van der Waals surface area (Å²) in [5.74, 6) is 0.401. The maximum Gasteiger partial charge on any atom is 0.118 e. The van der Waals surface area contributed by atoms with Crippen LogP contribution in [0.1, 0.15) is 50.2 Å². The summed E-state index contributed by atoms with van der Waals surface area (Å²) in [5.41, 5.74) is 4.26. The van der Waals surface area contributed by atoms with Gasteiger partial charge in [-0.25, -0.2) is 0 Å². The van der Waals surface area contributed by atoms with Gasteiger partial charge in [-0.05, 0) is 70.1 Å². The molecule has 0 aliphatic heterocycles. The van der Waals surface area contributed by atoms with Crippen LogP contribution >= 0.6 is 0 Å². The van der Waals surface area contributed by atoms with Crippen LogP contribution in [0.2, 0.25) is 0 Å². The molecule has 0 bridgehead atoms. The molecule has 0 unspecified atom stereocenters. The lowest BCUT2D eigenvalue weighted by molar-refractivity contribution is 0.282. The van der Waals surface area contributed by atoms with E-state index in [9.17, 15) is 10.2 Å². The van der Waals surface area contributed by atoms with Crippen molar-refractivity contribution in [3.05, 3.63) is 65.7 Å². The number of rotatable bonds is 8. The molecule has 26 heavy (non-hydrogen) atoms. The maximum atomic E-state index is 10.2. The van der Waals surface area contributed by atoms with Crippen LogP contribution in [-0.2, 0) is 13.0 Å². The molecule has 2 heteroatoms. The average molecular weight is 348 g/mol. The minimum atomic E-state index is 0.0667. The van der Waals surface area contributed by atoms with Crippen molar-refractivity contribution in [2.24, 2.45) is 0 Å². The number of aryl methyl sites for hydroxylation is 1. The number of unbranched alkanes of at least 4 members (excludes halogenated alkanes) is 4. The normalized spacial score (nSPS) is 11.2. The zero-order valence-corrected chi connectivity index (χ0v) is 15.5. The van der Waals surface area contributed by atoms with Crippen molar-refractivity contribution in [1.29, 1.82) is 0 Å². The van der Waals surface area contributed by atoms with E-state index in [2.05, 4.69) is 37.3 Å². The molecule has 3 aromatic rings. The third-order valence-electron chi connectivity index (χ3n) is 5.05. The molecule has 0 aliphatic rings. The Morgan fingerprint density at radius 2 is 1.42 bits per heavy atom. The predicted octanol–water partition coefficient (Wildman–Crippen LogP) is 6.22. The van der Waals surface area contributed by atoms with Crippen LogP contribution in [-0.4, -0.2) is 10.2 Å². The van der Waals surface area contributed by atoms with Gasteiger partial charge in [-0.1, -0.05) is 62.9 Å². The molecule has 136 valence electrons. The first-order chi connectivity index (χ1) is 12.7. The van der Waals surface area contributed by atoms with Crippen LogP contribution in [0.3, 0.4) is 0 Å². The highest BCUT2D eigenvalue weighted by atomic mass is 16.3. The van der Waals surface area contributed by atoms with Crippen LogP contribution in [0.25, 0.3) is 21.9 Å². The van der Waals surface area contributed by atoms with Gasteiger partial charge in [0.15, 0.2) is 0 Å².